The monoisotopic (exact) mass is 494 g/mol. The Hall–Kier alpha value is -2.93. The Morgan fingerprint density at radius 2 is 1.91 bits per heavy atom. The van der Waals surface area contributed by atoms with E-state index in [0.717, 1.165) is 5.56 Å². The second-order valence-corrected chi connectivity index (χ2v) is 9.81. The largest absolute Gasteiger partial charge is 0.378 e. The van der Waals surface area contributed by atoms with Gasteiger partial charge in [0.1, 0.15) is 21.8 Å². The van der Waals surface area contributed by atoms with Crippen LogP contribution in [-0.4, -0.2) is 46.0 Å². The molecule has 0 aliphatic carbocycles. The molecule has 2 aliphatic heterocycles. The van der Waals surface area contributed by atoms with Gasteiger partial charge in [-0.1, -0.05) is 54.3 Å². The molecule has 9 heteroatoms. The maximum absolute atomic E-state index is 13.5. The highest BCUT2D eigenvalue weighted by Crippen LogP contribution is 2.39. The van der Waals surface area contributed by atoms with E-state index in [1.165, 1.54) is 11.8 Å². The predicted octanol–water partition coefficient (Wildman–Crippen LogP) is 3.85. The molecule has 7 nitrogen and oxygen atoms in total. The molecule has 2 aromatic rings. The highest BCUT2D eigenvalue weighted by atomic mass is 32.2. The molecule has 2 saturated heterocycles. The summed E-state index contributed by atoms with van der Waals surface area (Å²) in [5.41, 5.74) is 2.05. The van der Waals surface area contributed by atoms with Crippen molar-refractivity contribution in [1.82, 2.24) is 9.47 Å². The summed E-state index contributed by atoms with van der Waals surface area (Å²) < 4.78 is 7.62. The van der Waals surface area contributed by atoms with Gasteiger partial charge < -0.3 is 9.64 Å². The normalized spacial score (nSPS) is 18.5. The van der Waals surface area contributed by atoms with E-state index in [4.69, 9.17) is 17.0 Å². The van der Waals surface area contributed by atoms with Crippen molar-refractivity contribution in [3.8, 4) is 6.07 Å². The maximum Gasteiger partial charge on any atom is 0.270 e. The summed E-state index contributed by atoms with van der Waals surface area (Å²) in [6.45, 7) is 8.36. The quantitative estimate of drug-likeness (QED) is 0.462. The van der Waals surface area contributed by atoms with Crippen molar-refractivity contribution < 1.29 is 9.53 Å². The zero-order valence-electron chi connectivity index (χ0n) is 19.4. The molecule has 4 rings (SSSR count). The Balaban J connectivity index is 1.83. The summed E-state index contributed by atoms with van der Waals surface area (Å²) in [5.74, 6) is 0.542. The van der Waals surface area contributed by atoms with Gasteiger partial charge in [0, 0.05) is 25.2 Å². The van der Waals surface area contributed by atoms with Crippen LogP contribution in [0.25, 0.3) is 6.08 Å². The molecule has 0 saturated carbocycles. The Labute approximate surface area is 208 Å². The highest BCUT2D eigenvalue weighted by Gasteiger charge is 2.36. The topological polar surface area (TPSA) is 78.6 Å². The molecule has 1 unspecified atom stereocenters. The van der Waals surface area contributed by atoms with Crippen LogP contribution in [0.5, 0.6) is 0 Å². The lowest BCUT2D eigenvalue weighted by Crippen LogP contribution is -2.41. The van der Waals surface area contributed by atoms with Crippen LogP contribution in [0.4, 0.5) is 5.82 Å². The smallest absolute Gasteiger partial charge is 0.270 e. The van der Waals surface area contributed by atoms with Gasteiger partial charge in [0.2, 0.25) is 0 Å². The number of carbonyl (C=O) groups excluding carboxylic acids is 1. The van der Waals surface area contributed by atoms with Gasteiger partial charge in [0.25, 0.3) is 11.5 Å². The molecule has 3 heterocycles. The molecular formula is C25H26N4O3S2. The van der Waals surface area contributed by atoms with Crippen LogP contribution in [0.15, 0.2) is 40.0 Å². The number of carbonyl (C=O) groups is 1. The van der Waals surface area contributed by atoms with Crippen molar-refractivity contribution in [2.75, 3.05) is 31.2 Å². The van der Waals surface area contributed by atoms with Gasteiger partial charge in [-0.25, -0.2) is 0 Å². The fraction of sp³-hybridized carbons (Fsp3) is 0.360. The van der Waals surface area contributed by atoms with Crippen molar-refractivity contribution in [2.45, 2.75) is 33.4 Å². The number of thioether (sulfide) groups is 1. The van der Waals surface area contributed by atoms with Crippen molar-refractivity contribution in [1.29, 1.82) is 5.26 Å². The van der Waals surface area contributed by atoms with Crippen molar-refractivity contribution in [3.63, 3.8) is 0 Å². The van der Waals surface area contributed by atoms with E-state index in [1.807, 2.05) is 44.2 Å². The number of nitriles is 1. The number of nitrogens with zero attached hydrogens (tertiary/aromatic N) is 4. The minimum absolute atomic E-state index is 0.0956. The number of aromatic nitrogens is 1. The number of benzene rings is 1. The number of hydrogen-bond acceptors (Lipinski definition) is 7. The first-order valence-electron chi connectivity index (χ1n) is 11.2. The number of morpholine rings is 1. The van der Waals surface area contributed by atoms with Gasteiger partial charge in [-0.3, -0.25) is 19.1 Å². The summed E-state index contributed by atoms with van der Waals surface area (Å²) >= 11 is 6.84. The molecule has 0 bridgehead atoms. The van der Waals surface area contributed by atoms with Crippen LogP contribution >= 0.6 is 24.0 Å². The lowest BCUT2D eigenvalue weighted by molar-refractivity contribution is -0.123. The maximum atomic E-state index is 13.5. The van der Waals surface area contributed by atoms with E-state index in [-0.39, 0.29) is 23.1 Å². The van der Waals surface area contributed by atoms with Crippen LogP contribution < -0.4 is 10.5 Å². The van der Waals surface area contributed by atoms with Crippen LogP contribution in [0.3, 0.4) is 0 Å². The fourth-order valence-corrected chi connectivity index (χ4v) is 5.78. The zero-order chi connectivity index (χ0) is 24.4. The molecule has 0 radical (unpaired) electrons. The van der Waals surface area contributed by atoms with Gasteiger partial charge in [0.05, 0.1) is 24.2 Å². The Kier molecular flexibility index (Phi) is 7.22. The fourth-order valence-electron chi connectivity index (χ4n) is 4.38. The number of rotatable bonds is 5. The number of amides is 1. The molecule has 1 atom stereocenters. The SMILES string of the molecule is CCn1c(N2CCOCC2)c(C=C2SC(=S)N(C(C)c3ccccc3)C2=O)c(C)c(C#N)c1=O. The molecule has 0 spiro atoms. The van der Waals surface area contributed by atoms with E-state index >= 15 is 0 Å². The van der Waals surface area contributed by atoms with Gasteiger partial charge in [-0.2, -0.15) is 5.26 Å². The first-order chi connectivity index (χ1) is 16.4. The molecule has 2 fully saturated rings. The Morgan fingerprint density at radius 1 is 1.24 bits per heavy atom. The minimum Gasteiger partial charge on any atom is -0.378 e. The summed E-state index contributed by atoms with van der Waals surface area (Å²) in [4.78, 5) is 30.8. The van der Waals surface area contributed by atoms with E-state index < -0.39 is 0 Å². The Bertz CT molecular complexity index is 1260. The predicted molar refractivity (Wildman–Crippen MR) is 139 cm³/mol. The average molecular weight is 495 g/mol. The first-order valence-corrected chi connectivity index (χ1v) is 12.4. The average Bonchev–Trinajstić information content (AvgIpc) is 3.14. The van der Waals surface area contributed by atoms with Crippen LogP contribution in [-0.2, 0) is 16.1 Å². The van der Waals surface area contributed by atoms with Crippen LogP contribution in [0, 0.1) is 18.3 Å². The van der Waals surface area contributed by atoms with Gasteiger partial charge >= 0.3 is 0 Å². The molecular weight excluding hydrogens is 468 g/mol. The molecule has 0 N–H and O–H groups in total. The summed E-state index contributed by atoms with van der Waals surface area (Å²) in [5, 5.41) is 9.72. The standard InChI is InChI=1S/C25H26N4O3S2/c1-4-28-22(27-10-12-32-13-11-27)19(16(2)20(15-26)23(28)30)14-21-24(31)29(25(33)34-21)17(3)18-8-6-5-7-9-18/h5-9,14,17H,4,10-13H2,1-3H3. The second-order valence-electron chi connectivity index (χ2n) is 8.14. The number of hydrogen-bond donors (Lipinski definition) is 0. The molecule has 1 aromatic carbocycles. The zero-order valence-corrected chi connectivity index (χ0v) is 21.0. The number of thiocarbonyl (C=S) groups is 1. The van der Waals surface area contributed by atoms with Crippen molar-refractivity contribution in [3.05, 3.63) is 67.8 Å². The Morgan fingerprint density at radius 3 is 2.53 bits per heavy atom. The second kappa shape index (κ2) is 10.1. The minimum atomic E-state index is -0.314. The molecule has 2 aliphatic rings. The summed E-state index contributed by atoms with van der Waals surface area (Å²) in [7, 11) is 0. The highest BCUT2D eigenvalue weighted by molar-refractivity contribution is 8.26. The molecule has 1 amide bonds. The third-order valence-corrected chi connectivity index (χ3v) is 7.57. The lowest BCUT2D eigenvalue weighted by atomic mass is 10.0. The summed E-state index contributed by atoms with van der Waals surface area (Å²) in [6.07, 6.45) is 1.80. The van der Waals surface area contributed by atoms with E-state index in [2.05, 4.69) is 11.0 Å². The third kappa shape index (κ3) is 4.29. The van der Waals surface area contributed by atoms with Crippen molar-refractivity contribution >= 4 is 46.1 Å². The third-order valence-electron chi connectivity index (χ3n) is 6.24. The number of anilines is 1. The van der Waals surface area contributed by atoms with Gasteiger partial charge in [-0.05, 0) is 38.0 Å². The van der Waals surface area contributed by atoms with Gasteiger partial charge in [-0.15, -0.1) is 0 Å². The van der Waals surface area contributed by atoms with Crippen LogP contribution in [0.2, 0.25) is 0 Å². The summed E-state index contributed by atoms with van der Waals surface area (Å²) in [6, 6.07) is 11.6. The van der Waals surface area contributed by atoms with Crippen molar-refractivity contribution in [2.24, 2.45) is 0 Å². The van der Waals surface area contributed by atoms with E-state index in [0.29, 0.717) is 59.0 Å². The van der Waals surface area contributed by atoms with E-state index in [9.17, 15) is 14.9 Å². The lowest BCUT2D eigenvalue weighted by Gasteiger charge is -2.33. The first kappa shape index (κ1) is 24.2. The number of ether oxygens (including phenoxy) is 1. The number of pyridine rings is 1. The molecule has 176 valence electrons. The van der Waals surface area contributed by atoms with Crippen LogP contribution in [0.1, 0.15) is 42.1 Å². The molecule has 1 aromatic heterocycles. The van der Waals surface area contributed by atoms with Gasteiger partial charge in [0.15, 0.2) is 0 Å². The van der Waals surface area contributed by atoms with E-state index in [1.54, 1.807) is 22.5 Å². The molecule has 34 heavy (non-hydrogen) atoms.